The van der Waals surface area contributed by atoms with Crippen LogP contribution in [-0.2, 0) is 20.9 Å². The van der Waals surface area contributed by atoms with E-state index < -0.39 is 5.97 Å². The number of hydrogen-bond donors (Lipinski definition) is 2. The molecule has 176 valence electrons. The molecule has 6 heteroatoms. The van der Waals surface area contributed by atoms with Crippen molar-refractivity contribution in [3.63, 3.8) is 0 Å². The molecule has 0 saturated carbocycles. The molecule has 2 rings (SSSR count). The number of quaternary nitrogens is 1. The number of amides is 1. The van der Waals surface area contributed by atoms with E-state index in [1.165, 1.54) is 16.3 Å². The fraction of sp³-hybridized carbons (Fsp3) is 0.538. The number of benzene rings is 2. The fourth-order valence-electron chi connectivity index (χ4n) is 3.95. The molecule has 6 nitrogen and oxygen atoms in total. The van der Waals surface area contributed by atoms with Crippen molar-refractivity contribution in [1.29, 1.82) is 0 Å². The summed E-state index contributed by atoms with van der Waals surface area (Å²) >= 11 is 0. The molecule has 1 unspecified atom stereocenters. The molecule has 2 aromatic rings. The number of rotatable bonds is 15. The summed E-state index contributed by atoms with van der Waals surface area (Å²) in [7, 11) is 5.98. The lowest BCUT2D eigenvalue weighted by Gasteiger charge is -2.29. The molecule has 0 bridgehead atoms. The van der Waals surface area contributed by atoms with E-state index >= 15 is 0 Å². The van der Waals surface area contributed by atoms with Crippen molar-refractivity contribution in [3.8, 4) is 0 Å². The zero-order valence-corrected chi connectivity index (χ0v) is 19.8. The second-order valence-corrected chi connectivity index (χ2v) is 9.54. The van der Waals surface area contributed by atoms with E-state index in [0.717, 1.165) is 38.7 Å². The van der Waals surface area contributed by atoms with Gasteiger partial charge in [0.1, 0.15) is 0 Å². The quantitative estimate of drug-likeness (QED) is 0.317. The third-order valence-corrected chi connectivity index (χ3v) is 5.38. The smallest absolute Gasteiger partial charge is 0.305 e. The summed E-state index contributed by atoms with van der Waals surface area (Å²) in [4.78, 5) is 23.2. The largest absolute Gasteiger partial charge is 0.481 e. The zero-order chi connectivity index (χ0) is 23.4. The van der Waals surface area contributed by atoms with Gasteiger partial charge in [0.15, 0.2) is 0 Å². The van der Waals surface area contributed by atoms with Gasteiger partial charge in [0.2, 0.25) is 5.91 Å². The van der Waals surface area contributed by atoms with E-state index in [4.69, 9.17) is 9.84 Å². The first-order valence-electron chi connectivity index (χ1n) is 11.6. The van der Waals surface area contributed by atoms with Crippen molar-refractivity contribution < 1.29 is 23.9 Å². The molecule has 2 aromatic carbocycles. The Morgan fingerprint density at radius 1 is 0.969 bits per heavy atom. The van der Waals surface area contributed by atoms with E-state index in [2.05, 4.69) is 47.8 Å². The summed E-state index contributed by atoms with van der Waals surface area (Å²) in [6.45, 7) is 1.97. The van der Waals surface area contributed by atoms with Crippen LogP contribution in [0.1, 0.15) is 50.5 Å². The lowest BCUT2D eigenvalue weighted by Crippen LogP contribution is -2.49. The Labute approximate surface area is 192 Å². The maximum absolute atomic E-state index is 12.2. The van der Waals surface area contributed by atoms with Crippen LogP contribution in [0.5, 0.6) is 0 Å². The van der Waals surface area contributed by atoms with Gasteiger partial charge in [0.25, 0.3) is 0 Å². The van der Waals surface area contributed by atoms with Gasteiger partial charge < -0.3 is 19.6 Å². The van der Waals surface area contributed by atoms with Gasteiger partial charge in [-0.2, -0.15) is 0 Å². The van der Waals surface area contributed by atoms with E-state index in [9.17, 15) is 9.59 Å². The van der Waals surface area contributed by atoms with Crippen LogP contribution in [0.25, 0.3) is 10.8 Å². The van der Waals surface area contributed by atoms with Crippen LogP contribution in [0.3, 0.4) is 0 Å². The molecule has 1 atom stereocenters. The number of nitrogens with zero attached hydrogens (tertiary/aromatic N) is 1. The van der Waals surface area contributed by atoms with Crippen molar-refractivity contribution in [2.24, 2.45) is 0 Å². The molecule has 0 aliphatic heterocycles. The number of unbranched alkanes of at least 4 members (excludes halogenated alkanes) is 4. The maximum Gasteiger partial charge on any atom is 0.305 e. The molecule has 0 heterocycles. The predicted octanol–water partition coefficient (Wildman–Crippen LogP) is 4.36. The first-order chi connectivity index (χ1) is 15.2. The van der Waals surface area contributed by atoms with Crippen molar-refractivity contribution in [2.45, 2.75) is 57.6 Å². The number of carboxylic acid groups (broad SMARTS) is 1. The summed E-state index contributed by atoms with van der Waals surface area (Å²) in [6.07, 6.45) is 5.40. The Morgan fingerprint density at radius 3 is 2.41 bits per heavy atom. The number of carbonyl (C=O) groups excluding carboxylic acids is 1. The highest BCUT2D eigenvalue weighted by atomic mass is 16.5. The zero-order valence-electron chi connectivity index (χ0n) is 19.8. The summed E-state index contributed by atoms with van der Waals surface area (Å²) in [5.74, 6) is -0.936. The third kappa shape index (κ3) is 10.2. The minimum absolute atomic E-state index is 0.0416. The SMILES string of the molecule is C[N+](C)(C)CC(CC(=O)O)NC(=O)CCCCCCCOCc1cccc2ccccc12. The molecule has 0 aliphatic rings. The van der Waals surface area contributed by atoms with Gasteiger partial charge in [-0.25, -0.2) is 0 Å². The minimum Gasteiger partial charge on any atom is -0.481 e. The van der Waals surface area contributed by atoms with Gasteiger partial charge in [-0.1, -0.05) is 61.7 Å². The summed E-state index contributed by atoms with van der Waals surface area (Å²) < 4.78 is 6.49. The third-order valence-electron chi connectivity index (χ3n) is 5.38. The van der Waals surface area contributed by atoms with Crippen molar-refractivity contribution in [2.75, 3.05) is 34.3 Å². The average molecular weight is 444 g/mol. The molecule has 0 saturated heterocycles. The number of fused-ring (bicyclic) bond motifs is 1. The number of carboxylic acids is 1. The van der Waals surface area contributed by atoms with Crippen LogP contribution in [0.15, 0.2) is 42.5 Å². The topological polar surface area (TPSA) is 75.6 Å². The molecule has 0 fully saturated rings. The van der Waals surface area contributed by atoms with Crippen molar-refractivity contribution in [3.05, 3.63) is 48.0 Å². The van der Waals surface area contributed by atoms with Crippen molar-refractivity contribution >= 4 is 22.6 Å². The monoisotopic (exact) mass is 443 g/mol. The molecule has 0 spiro atoms. The van der Waals surface area contributed by atoms with Crippen molar-refractivity contribution in [1.82, 2.24) is 5.32 Å². The van der Waals surface area contributed by atoms with E-state index in [1.807, 2.05) is 21.1 Å². The highest BCUT2D eigenvalue weighted by Gasteiger charge is 2.22. The lowest BCUT2D eigenvalue weighted by atomic mass is 10.1. The minimum atomic E-state index is -0.883. The lowest BCUT2D eigenvalue weighted by molar-refractivity contribution is -0.871. The molecular formula is C26H39N2O4+. The van der Waals surface area contributed by atoms with Crippen LogP contribution in [0, 0.1) is 0 Å². The number of ether oxygens (including phenoxy) is 1. The Morgan fingerprint density at radius 2 is 1.66 bits per heavy atom. The molecule has 2 N–H and O–H groups in total. The van der Waals surface area contributed by atoms with Crippen LogP contribution in [0.4, 0.5) is 0 Å². The number of hydrogen-bond acceptors (Lipinski definition) is 3. The van der Waals surface area contributed by atoms with E-state index in [1.54, 1.807) is 0 Å². The number of aliphatic carboxylic acids is 1. The van der Waals surface area contributed by atoms with Crippen LogP contribution < -0.4 is 5.32 Å². The number of carbonyl (C=O) groups is 2. The van der Waals surface area contributed by atoms with Crippen LogP contribution >= 0.6 is 0 Å². The van der Waals surface area contributed by atoms with Gasteiger partial charge in [0.05, 0.1) is 46.8 Å². The molecule has 32 heavy (non-hydrogen) atoms. The Bertz CT molecular complexity index is 855. The van der Waals surface area contributed by atoms with Gasteiger partial charge in [-0.15, -0.1) is 0 Å². The summed E-state index contributed by atoms with van der Waals surface area (Å²) in [6, 6.07) is 14.3. The van der Waals surface area contributed by atoms with E-state index in [-0.39, 0.29) is 18.4 Å². The fourth-order valence-corrected chi connectivity index (χ4v) is 3.95. The Balaban J connectivity index is 1.55. The van der Waals surface area contributed by atoms with Gasteiger partial charge in [-0.3, -0.25) is 9.59 Å². The summed E-state index contributed by atoms with van der Waals surface area (Å²) in [5, 5.41) is 14.5. The van der Waals surface area contributed by atoms with Gasteiger partial charge in [-0.05, 0) is 29.2 Å². The molecule has 1 amide bonds. The second kappa shape index (κ2) is 13.2. The maximum atomic E-state index is 12.2. The first-order valence-corrected chi connectivity index (χ1v) is 11.6. The number of likely N-dealkylation sites (N-methyl/N-ethyl adjacent to an activating group) is 1. The summed E-state index contributed by atoms with van der Waals surface area (Å²) in [5.41, 5.74) is 1.22. The molecule has 0 aromatic heterocycles. The van der Waals surface area contributed by atoms with Gasteiger partial charge in [0, 0.05) is 13.0 Å². The highest BCUT2D eigenvalue weighted by molar-refractivity contribution is 5.85. The van der Waals surface area contributed by atoms with Gasteiger partial charge >= 0.3 is 5.97 Å². The highest BCUT2D eigenvalue weighted by Crippen LogP contribution is 2.19. The molecule has 0 radical (unpaired) electrons. The Hall–Kier alpha value is -2.44. The predicted molar refractivity (Wildman–Crippen MR) is 128 cm³/mol. The number of nitrogens with one attached hydrogen (secondary N) is 1. The second-order valence-electron chi connectivity index (χ2n) is 9.54. The normalized spacial score (nSPS) is 12.6. The van der Waals surface area contributed by atoms with Crippen LogP contribution in [-0.4, -0.2) is 61.8 Å². The average Bonchev–Trinajstić information content (AvgIpc) is 2.70. The van der Waals surface area contributed by atoms with E-state index in [0.29, 0.717) is 24.1 Å². The standard InChI is InChI=1S/C26H38N2O4/c1-28(2,3)19-23(18-26(30)31)27-25(29)16-7-5-4-6-10-17-32-20-22-14-11-13-21-12-8-9-15-24(21)22/h8-9,11-15,23H,4-7,10,16-20H2,1-3H3,(H-,27,29,30,31)/p+1. The Kier molecular flexibility index (Phi) is 10.6. The molecular weight excluding hydrogens is 404 g/mol. The van der Waals surface area contributed by atoms with Crippen LogP contribution in [0.2, 0.25) is 0 Å². The first kappa shape index (κ1) is 25.8. The molecule has 0 aliphatic carbocycles.